The Morgan fingerprint density at radius 2 is 2.17 bits per heavy atom. The fourth-order valence-corrected chi connectivity index (χ4v) is 2.96. The van der Waals surface area contributed by atoms with E-state index in [1.54, 1.807) is 0 Å². The molecule has 130 valence electrons. The maximum Gasteiger partial charge on any atom is 0.237 e. The van der Waals surface area contributed by atoms with E-state index in [1.165, 1.54) is 0 Å². The number of carbonyl (C=O) groups is 1. The molecule has 1 aromatic carbocycles. The lowest BCUT2D eigenvalue weighted by Gasteiger charge is -2.14. The first-order chi connectivity index (χ1) is 11.2. The van der Waals surface area contributed by atoms with Crippen LogP contribution in [0.5, 0.6) is 0 Å². The van der Waals surface area contributed by atoms with Crippen LogP contribution in [0.2, 0.25) is 5.02 Å². The van der Waals surface area contributed by atoms with E-state index in [2.05, 4.69) is 15.7 Å². The van der Waals surface area contributed by atoms with Crippen molar-refractivity contribution in [2.45, 2.75) is 38.4 Å². The van der Waals surface area contributed by atoms with Gasteiger partial charge in [0.1, 0.15) is 0 Å². The van der Waals surface area contributed by atoms with Crippen LogP contribution in [0.1, 0.15) is 30.4 Å². The minimum atomic E-state index is -0.107. The van der Waals surface area contributed by atoms with Crippen LogP contribution in [-0.4, -0.2) is 28.3 Å². The van der Waals surface area contributed by atoms with Crippen molar-refractivity contribution in [3.63, 3.8) is 0 Å². The lowest BCUT2D eigenvalue weighted by atomic mass is 10.1. The second-order valence-corrected chi connectivity index (χ2v) is 6.27. The first-order valence-electron chi connectivity index (χ1n) is 7.98. The SMILES string of the molecule is Cl.O=C1NCCCCC1NCc1cnn(Cc2ccccc2Cl)c1. The molecule has 0 aliphatic carbocycles. The number of benzene rings is 1. The summed E-state index contributed by atoms with van der Waals surface area (Å²) in [6, 6.07) is 7.66. The van der Waals surface area contributed by atoms with Gasteiger partial charge in [0.2, 0.25) is 5.91 Å². The van der Waals surface area contributed by atoms with Gasteiger partial charge in [-0.15, -0.1) is 12.4 Å². The van der Waals surface area contributed by atoms with E-state index in [0.29, 0.717) is 13.1 Å². The number of carbonyl (C=O) groups excluding carboxylic acids is 1. The Morgan fingerprint density at radius 3 is 3.00 bits per heavy atom. The predicted molar refractivity (Wildman–Crippen MR) is 97.5 cm³/mol. The van der Waals surface area contributed by atoms with Gasteiger partial charge in [-0.05, 0) is 30.9 Å². The van der Waals surface area contributed by atoms with Gasteiger partial charge in [-0.3, -0.25) is 9.48 Å². The molecule has 2 aromatic rings. The van der Waals surface area contributed by atoms with Crippen LogP contribution >= 0.6 is 24.0 Å². The highest BCUT2D eigenvalue weighted by Crippen LogP contribution is 2.16. The molecule has 1 fully saturated rings. The summed E-state index contributed by atoms with van der Waals surface area (Å²) in [6.07, 6.45) is 6.84. The summed E-state index contributed by atoms with van der Waals surface area (Å²) in [5.41, 5.74) is 2.11. The molecule has 1 amide bonds. The normalized spacial score (nSPS) is 17.7. The van der Waals surface area contributed by atoms with E-state index < -0.39 is 0 Å². The standard InChI is InChI=1S/C17H21ClN4O.ClH/c18-15-6-2-1-5-14(15)12-22-11-13(10-21-22)9-20-16-7-3-4-8-19-17(16)23;/h1-2,5-6,10-11,16,20H,3-4,7-9,12H2,(H,19,23);1H. The van der Waals surface area contributed by atoms with Crippen LogP contribution in [0.15, 0.2) is 36.7 Å². The number of nitrogens with one attached hydrogen (secondary N) is 2. The zero-order valence-electron chi connectivity index (χ0n) is 13.4. The van der Waals surface area contributed by atoms with E-state index in [1.807, 2.05) is 41.3 Å². The van der Waals surface area contributed by atoms with Crippen molar-refractivity contribution in [2.75, 3.05) is 6.54 Å². The summed E-state index contributed by atoms with van der Waals surface area (Å²) in [5, 5.41) is 11.4. The second-order valence-electron chi connectivity index (χ2n) is 5.86. The van der Waals surface area contributed by atoms with Crippen LogP contribution in [-0.2, 0) is 17.9 Å². The average Bonchev–Trinajstić information content (AvgIpc) is 2.89. The Bertz CT molecular complexity index is 674. The van der Waals surface area contributed by atoms with Crippen LogP contribution in [0.3, 0.4) is 0 Å². The second kappa shape index (κ2) is 9.06. The summed E-state index contributed by atoms with van der Waals surface area (Å²) in [6.45, 7) is 2.07. The third kappa shape index (κ3) is 4.97. The minimum Gasteiger partial charge on any atom is -0.355 e. The molecule has 1 unspecified atom stereocenters. The summed E-state index contributed by atoms with van der Waals surface area (Å²) in [7, 11) is 0. The van der Waals surface area contributed by atoms with E-state index in [0.717, 1.165) is 42.0 Å². The zero-order chi connectivity index (χ0) is 16.1. The van der Waals surface area contributed by atoms with Gasteiger partial charge in [0, 0.05) is 29.9 Å². The monoisotopic (exact) mass is 368 g/mol. The van der Waals surface area contributed by atoms with Gasteiger partial charge in [0.05, 0.1) is 18.8 Å². The van der Waals surface area contributed by atoms with E-state index in [4.69, 9.17) is 11.6 Å². The van der Waals surface area contributed by atoms with E-state index in [-0.39, 0.29) is 24.4 Å². The zero-order valence-corrected chi connectivity index (χ0v) is 14.9. The number of rotatable bonds is 5. The van der Waals surface area contributed by atoms with Crippen molar-refractivity contribution >= 4 is 29.9 Å². The van der Waals surface area contributed by atoms with E-state index >= 15 is 0 Å². The summed E-state index contributed by atoms with van der Waals surface area (Å²) < 4.78 is 1.87. The number of hydrogen-bond acceptors (Lipinski definition) is 3. The highest BCUT2D eigenvalue weighted by atomic mass is 35.5. The topological polar surface area (TPSA) is 59.0 Å². The highest BCUT2D eigenvalue weighted by Gasteiger charge is 2.19. The maximum atomic E-state index is 11.9. The molecule has 0 radical (unpaired) electrons. The lowest BCUT2D eigenvalue weighted by molar-refractivity contribution is -0.122. The highest BCUT2D eigenvalue weighted by molar-refractivity contribution is 6.31. The first kappa shape index (κ1) is 18.8. The maximum absolute atomic E-state index is 11.9. The van der Waals surface area contributed by atoms with Gasteiger partial charge in [-0.1, -0.05) is 29.8 Å². The molecule has 1 atom stereocenters. The molecule has 3 rings (SSSR count). The average molecular weight is 369 g/mol. The number of hydrogen-bond donors (Lipinski definition) is 2. The molecule has 1 aromatic heterocycles. The molecule has 1 aliphatic heterocycles. The summed E-state index contributed by atoms with van der Waals surface area (Å²) in [4.78, 5) is 11.9. The van der Waals surface area contributed by atoms with Crippen molar-refractivity contribution in [3.05, 3.63) is 52.8 Å². The molecule has 0 bridgehead atoms. The largest absolute Gasteiger partial charge is 0.355 e. The van der Waals surface area contributed by atoms with Gasteiger partial charge in [0.25, 0.3) is 0 Å². The smallest absolute Gasteiger partial charge is 0.237 e. The van der Waals surface area contributed by atoms with Crippen molar-refractivity contribution in [3.8, 4) is 0 Å². The Labute approximate surface area is 153 Å². The fraction of sp³-hybridized carbons (Fsp3) is 0.412. The predicted octanol–water partition coefficient (Wildman–Crippen LogP) is 2.76. The molecule has 5 nitrogen and oxygen atoms in total. The molecule has 1 saturated heterocycles. The Balaban J connectivity index is 0.00000208. The molecule has 2 heterocycles. The molecule has 0 spiro atoms. The number of halogens is 2. The first-order valence-corrected chi connectivity index (χ1v) is 8.36. The quantitative estimate of drug-likeness (QED) is 0.852. The van der Waals surface area contributed by atoms with Gasteiger partial charge in [0.15, 0.2) is 0 Å². The Kier molecular flexibility index (Phi) is 7.09. The van der Waals surface area contributed by atoms with Crippen molar-refractivity contribution in [2.24, 2.45) is 0 Å². The minimum absolute atomic E-state index is 0. The van der Waals surface area contributed by atoms with Crippen LogP contribution in [0, 0.1) is 0 Å². The van der Waals surface area contributed by atoms with E-state index in [9.17, 15) is 4.79 Å². The molecular formula is C17H22Cl2N4O. The number of amides is 1. The lowest BCUT2D eigenvalue weighted by Crippen LogP contribution is -2.42. The number of aromatic nitrogens is 2. The summed E-state index contributed by atoms with van der Waals surface area (Å²) in [5.74, 6) is 0.103. The summed E-state index contributed by atoms with van der Waals surface area (Å²) >= 11 is 6.18. The Morgan fingerprint density at radius 1 is 1.33 bits per heavy atom. The fourth-order valence-electron chi connectivity index (χ4n) is 2.76. The molecule has 1 aliphatic rings. The molecule has 0 saturated carbocycles. The van der Waals surface area contributed by atoms with Crippen LogP contribution in [0.25, 0.3) is 0 Å². The van der Waals surface area contributed by atoms with Crippen LogP contribution < -0.4 is 10.6 Å². The van der Waals surface area contributed by atoms with Crippen molar-refractivity contribution in [1.82, 2.24) is 20.4 Å². The molecule has 7 heteroatoms. The van der Waals surface area contributed by atoms with Crippen molar-refractivity contribution in [1.29, 1.82) is 0 Å². The van der Waals surface area contributed by atoms with Gasteiger partial charge >= 0.3 is 0 Å². The van der Waals surface area contributed by atoms with Gasteiger partial charge < -0.3 is 10.6 Å². The number of nitrogens with zero attached hydrogens (tertiary/aromatic N) is 2. The van der Waals surface area contributed by atoms with Crippen molar-refractivity contribution < 1.29 is 4.79 Å². The van der Waals surface area contributed by atoms with Gasteiger partial charge in [-0.25, -0.2) is 0 Å². The van der Waals surface area contributed by atoms with Crippen LogP contribution in [0.4, 0.5) is 0 Å². The third-order valence-electron chi connectivity index (χ3n) is 4.06. The molecular weight excluding hydrogens is 347 g/mol. The Hall–Kier alpha value is -1.56. The van der Waals surface area contributed by atoms with Gasteiger partial charge in [-0.2, -0.15) is 5.10 Å². The molecule has 2 N–H and O–H groups in total. The third-order valence-corrected chi connectivity index (χ3v) is 4.43. The molecule has 24 heavy (non-hydrogen) atoms.